The number of unbranched alkanes of at least 4 members (excludes halogenated alkanes) is 2. The molecule has 7 nitrogen and oxygen atoms in total. The molecule has 0 aromatic heterocycles. The fraction of sp³-hybridized carbons (Fsp3) is 0.500. The molecule has 0 N–H and O–H groups in total. The van der Waals surface area contributed by atoms with Crippen LogP contribution in [-0.4, -0.2) is 30.6 Å². The Morgan fingerprint density at radius 2 is 1.43 bits per heavy atom. The summed E-state index contributed by atoms with van der Waals surface area (Å²) in [7, 11) is 0. The normalized spacial score (nSPS) is 20.0. The first kappa shape index (κ1) is 36.2. The molecule has 262 valence electrons. The van der Waals surface area contributed by atoms with E-state index in [0.29, 0.717) is 23.7 Å². The lowest BCUT2D eigenvalue weighted by molar-refractivity contribution is -0.154. The van der Waals surface area contributed by atoms with Crippen LogP contribution in [0.2, 0.25) is 0 Å². The highest BCUT2D eigenvalue weighted by atomic mass is 16.6. The van der Waals surface area contributed by atoms with Crippen molar-refractivity contribution in [2.24, 2.45) is 23.7 Å². The van der Waals surface area contributed by atoms with Crippen molar-refractivity contribution >= 4 is 17.9 Å². The molecule has 1 saturated carbocycles. The summed E-state index contributed by atoms with van der Waals surface area (Å²) in [5, 5.41) is 0. The van der Waals surface area contributed by atoms with Crippen LogP contribution in [0.4, 0.5) is 0 Å². The molecule has 0 saturated heterocycles. The lowest BCUT2D eigenvalue weighted by Gasteiger charge is -2.33. The van der Waals surface area contributed by atoms with Gasteiger partial charge in [-0.15, -0.1) is 0 Å². The fourth-order valence-electron chi connectivity index (χ4n) is 7.77. The van der Waals surface area contributed by atoms with Gasteiger partial charge in [-0.2, -0.15) is 0 Å². The number of ether oxygens (including phenoxy) is 4. The molecule has 0 spiro atoms. The monoisotopic (exact) mass is 668 g/mol. The Morgan fingerprint density at radius 1 is 0.755 bits per heavy atom. The van der Waals surface area contributed by atoms with Crippen molar-refractivity contribution in [2.75, 3.05) is 6.61 Å². The van der Waals surface area contributed by atoms with E-state index in [1.807, 2.05) is 72.8 Å². The lowest BCUT2D eigenvalue weighted by atomic mass is 9.73. The van der Waals surface area contributed by atoms with Gasteiger partial charge in [-0.3, -0.25) is 9.59 Å². The van der Waals surface area contributed by atoms with E-state index in [1.54, 1.807) is 0 Å². The van der Waals surface area contributed by atoms with Gasteiger partial charge < -0.3 is 18.9 Å². The van der Waals surface area contributed by atoms with E-state index in [-0.39, 0.29) is 56.7 Å². The van der Waals surface area contributed by atoms with Crippen LogP contribution in [-0.2, 0) is 54.6 Å². The van der Waals surface area contributed by atoms with E-state index >= 15 is 0 Å². The molecular formula is C42H52O7. The van der Waals surface area contributed by atoms with Crippen molar-refractivity contribution in [3.05, 3.63) is 101 Å². The third-order valence-corrected chi connectivity index (χ3v) is 10.3. The maximum absolute atomic E-state index is 12.8. The van der Waals surface area contributed by atoms with Gasteiger partial charge in [0.15, 0.2) is 6.61 Å². The van der Waals surface area contributed by atoms with Gasteiger partial charge in [0.25, 0.3) is 0 Å². The fourth-order valence-corrected chi connectivity index (χ4v) is 7.77. The molecule has 1 fully saturated rings. The minimum Gasteiger partial charge on any atom is -0.482 e. The summed E-state index contributed by atoms with van der Waals surface area (Å²) in [5.74, 6) is 1.97. The van der Waals surface area contributed by atoms with Crippen LogP contribution in [0.5, 0.6) is 5.75 Å². The Balaban J connectivity index is 1.11. The molecule has 2 aliphatic carbocycles. The molecule has 0 aliphatic heterocycles. The zero-order chi connectivity index (χ0) is 34.4. The smallest absolute Gasteiger partial charge is 0.344 e. The summed E-state index contributed by atoms with van der Waals surface area (Å²) in [4.78, 5) is 37.6. The van der Waals surface area contributed by atoms with E-state index in [1.165, 1.54) is 11.1 Å². The Morgan fingerprint density at radius 3 is 2.12 bits per heavy atom. The lowest BCUT2D eigenvalue weighted by Crippen LogP contribution is -2.28. The first-order chi connectivity index (χ1) is 23.9. The standard InChI is InChI=1S/C42H52O7/c1-3-4-7-18-35(49-41(44)23-22-40(43)47-27-31-13-8-5-9-14-31)20-21-36-30(2)24-34-26-38-33(25-37(34)36)17-12-19-39(38)46-29-42(45)48-28-32-15-10-6-11-16-32/h5-6,8-17,19,30,34-37H,3-4,7,18,20-29H2,1-2H3/t30-,34-,35+,36+,37+/m1/s1. The molecule has 49 heavy (non-hydrogen) atoms. The Bertz CT molecular complexity index is 1490. The first-order valence-corrected chi connectivity index (χ1v) is 18.2. The van der Waals surface area contributed by atoms with Gasteiger partial charge in [0.2, 0.25) is 0 Å². The molecule has 0 bridgehead atoms. The van der Waals surface area contributed by atoms with E-state index in [2.05, 4.69) is 19.9 Å². The number of rotatable bonds is 18. The van der Waals surface area contributed by atoms with Crippen LogP contribution in [0, 0.1) is 23.7 Å². The van der Waals surface area contributed by atoms with Gasteiger partial charge in [0, 0.05) is 0 Å². The number of carbonyl (C=O) groups is 3. The summed E-state index contributed by atoms with van der Waals surface area (Å²) in [6.45, 7) is 4.88. The molecule has 0 heterocycles. The zero-order valence-corrected chi connectivity index (χ0v) is 29.1. The van der Waals surface area contributed by atoms with Gasteiger partial charge in [0.05, 0.1) is 12.8 Å². The van der Waals surface area contributed by atoms with Gasteiger partial charge in [-0.25, -0.2) is 4.79 Å². The van der Waals surface area contributed by atoms with Crippen LogP contribution < -0.4 is 4.74 Å². The number of hydrogen-bond acceptors (Lipinski definition) is 7. The van der Waals surface area contributed by atoms with Crippen LogP contribution in [0.3, 0.4) is 0 Å². The van der Waals surface area contributed by atoms with Gasteiger partial charge in [-0.1, -0.05) is 99.5 Å². The third kappa shape index (κ3) is 10.9. The first-order valence-electron chi connectivity index (χ1n) is 18.2. The molecule has 7 heteroatoms. The maximum atomic E-state index is 12.8. The molecular weight excluding hydrogens is 616 g/mol. The number of esters is 3. The molecule has 0 radical (unpaired) electrons. The molecule has 0 unspecified atom stereocenters. The second-order valence-electron chi connectivity index (χ2n) is 13.9. The van der Waals surface area contributed by atoms with Crippen molar-refractivity contribution in [3.8, 4) is 5.75 Å². The minimum absolute atomic E-state index is 0.0245. The van der Waals surface area contributed by atoms with Crippen molar-refractivity contribution in [3.63, 3.8) is 0 Å². The summed E-state index contributed by atoms with van der Waals surface area (Å²) in [5.41, 5.74) is 4.40. The van der Waals surface area contributed by atoms with Crippen molar-refractivity contribution in [2.45, 2.75) is 104 Å². The van der Waals surface area contributed by atoms with Crippen LogP contribution in [0.25, 0.3) is 0 Å². The zero-order valence-electron chi connectivity index (χ0n) is 29.1. The predicted octanol–water partition coefficient (Wildman–Crippen LogP) is 8.59. The van der Waals surface area contributed by atoms with Gasteiger partial charge in [-0.05, 0) is 96.9 Å². The quantitative estimate of drug-likeness (QED) is 0.0762. The van der Waals surface area contributed by atoms with Crippen molar-refractivity contribution in [1.82, 2.24) is 0 Å². The third-order valence-electron chi connectivity index (χ3n) is 10.3. The highest BCUT2D eigenvalue weighted by Gasteiger charge is 2.44. The summed E-state index contributed by atoms with van der Waals surface area (Å²) in [6.07, 6.45) is 8.98. The summed E-state index contributed by atoms with van der Waals surface area (Å²) in [6, 6.07) is 25.4. The highest BCUT2D eigenvalue weighted by molar-refractivity contribution is 5.77. The van der Waals surface area contributed by atoms with Crippen LogP contribution in [0.15, 0.2) is 78.9 Å². The number of carbonyl (C=O) groups excluding carboxylic acids is 3. The average Bonchev–Trinajstić information content (AvgIpc) is 3.43. The largest absolute Gasteiger partial charge is 0.482 e. The minimum atomic E-state index is -0.386. The van der Waals surface area contributed by atoms with Crippen LogP contribution in [0.1, 0.15) is 93.9 Å². The molecule has 3 aromatic rings. The van der Waals surface area contributed by atoms with Gasteiger partial charge in [0.1, 0.15) is 25.1 Å². The van der Waals surface area contributed by atoms with E-state index in [9.17, 15) is 14.4 Å². The number of benzene rings is 3. The van der Waals surface area contributed by atoms with Crippen LogP contribution >= 0.6 is 0 Å². The topological polar surface area (TPSA) is 88.1 Å². The van der Waals surface area contributed by atoms with Crippen molar-refractivity contribution < 1.29 is 33.3 Å². The predicted molar refractivity (Wildman–Crippen MR) is 189 cm³/mol. The Hall–Kier alpha value is -4.13. The number of fused-ring (bicyclic) bond motifs is 2. The Kier molecular flexibility index (Phi) is 13.7. The maximum Gasteiger partial charge on any atom is 0.344 e. The SMILES string of the molecule is CCCCC[C@@H](CC[C@@H]1[C@H]2Cc3cccc(OCC(=O)OCc4ccccc4)c3C[C@H]2C[C@H]1C)OC(=O)CCC(=O)OCc1ccccc1. The van der Waals surface area contributed by atoms with Gasteiger partial charge >= 0.3 is 17.9 Å². The highest BCUT2D eigenvalue weighted by Crippen LogP contribution is 2.51. The molecule has 0 amide bonds. The van der Waals surface area contributed by atoms with E-state index in [0.717, 1.165) is 74.7 Å². The summed E-state index contributed by atoms with van der Waals surface area (Å²) >= 11 is 0. The molecule has 3 aromatic carbocycles. The Labute approximate surface area is 291 Å². The molecule has 2 aliphatic rings. The molecule has 5 atom stereocenters. The number of hydrogen-bond donors (Lipinski definition) is 0. The van der Waals surface area contributed by atoms with Crippen molar-refractivity contribution in [1.29, 1.82) is 0 Å². The average molecular weight is 669 g/mol. The van der Waals surface area contributed by atoms with E-state index < -0.39 is 0 Å². The second-order valence-corrected chi connectivity index (χ2v) is 13.9. The summed E-state index contributed by atoms with van der Waals surface area (Å²) < 4.78 is 22.8. The second kappa shape index (κ2) is 18.6. The van der Waals surface area contributed by atoms with E-state index in [4.69, 9.17) is 18.9 Å². The molecule has 5 rings (SSSR count).